The Morgan fingerprint density at radius 3 is 1.49 bits per heavy atom. The smallest absolute Gasteiger partial charge is 0.160 e. The monoisotopic (exact) mass is 724 g/mol. The minimum absolute atomic E-state index is 0.579. The van der Waals surface area contributed by atoms with Crippen molar-refractivity contribution in [2.24, 2.45) is 0 Å². The van der Waals surface area contributed by atoms with Gasteiger partial charge in [0, 0.05) is 29.1 Å². The zero-order valence-electron chi connectivity index (χ0n) is 30.8. The van der Waals surface area contributed by atoms with Gasteiger partial charge in [0.2, 0.25) is 0 Å². The summed E-state index contributed by atoms with van der Waals surface area (Å²) < 4.78 is 0. The third kappa shape index (κ3) is 5.10. The largest absolute Gasteiger partial charge is 0.265 e. The highest BCUT2D eigenvalue weighted by Crippen LogP contribution is 2.63. The predicted molar refractivity (Wildman–Crippen MR) is 228 cm³/mol. The minimum atomic E-state index is -0.579. The molecule has 0 aliphatic heterocycles. The quantitative estimate of drug-likeness (QED) is 0.177. The van der Waals surface area contributed by atoms with E-state index in [0.29, 0.717) is 11.4 Å². The van der Waals surface area contributed by atoms with Crippen molar-refractivity contribution < 1.29 is 0 Å². The molecule has 0 atom stereocenters. The predicted octanol–water partition coefficient (Wildman–Crippen LogP) is 12.4. The van der Waals surface area contributed by atoms with E-state index in [2.05, 4.69) is 138 Å². The lowest BCUT2D eigenvalue weighted by molar-refractivity contribution is 0.793. The van der Waals surface area contributed by atoms with Gasteiger partial charge in [-0.3, -0.25) is 4.98 Å². The van der Waals surface area contributed by atoms with Gasteiger partial charge < -0.3 is 0 Å². The second-order valence-corrected chi connectivity index (χ2v) is 14.7. The van der Waals surface area contributed by atoms with Crippen molar-refractivity contribution in [1.82, 2.24) is 15.0 Å². The normalized spacial score (nSPS) is 12.7. The lowest BCUT2D eigenvalue weighted by Crippen LogP contribution is -2.26. The van der Waals surface area contributed by atoms with Crippen molar-refractivity contribution in [2.45, 2.75) is 5.41 Å². The van der Waals surface area contributed by atoms with Crippen molar-refractivity contribution in [3.05, 3.63) is 222 Å². The molecule has 0 N–H and O–H groups in total. The number of aromatic nitrogens is 3. The molecule has 1 spiro atoms. The van der Waals surface area contributed by atoms with Gasteiger partial charge in [-0.1, -0.05) is 127 Å². The van der Waals surface area contributed by atoms with Crippen LogP contribution in [-0.4, -0.2) is 15.0 Å². The lowest BCUT2D eigenvalue weighted by atomic mass is 9.70. The second kappa shape index (κ2) is 12.9. The highest BCUT2D eigenvalue weighted by Gasteiger charge is 2.51. The molecule has 0 radical (unpaired) electrons. The van der Waals surface area contributed by atoms with Crippen LogP contribution in [-0.2, 0) is 5.41 Å². The van der Waals surface area contributed by atoms with Crippen LogP contribution >= 0.6 is 0 Å². The van der Waals surface area contributed by atoms with Crippen molar-refractivity contribution in [3.63, 3.8) is 0 Å². The van der Waals surface area contributed by atoms with E-state index in [4.69, 9.17) is 9.97 Å². The van der Waals surface area contributed by atoms with Gasteiger partial charge in [0.1, 0.15) is 0 Å². The first-order valence-corrected chi connectivity index (χ1v) is 19.1. The Hall–Kier alpha value is -7.74. The molecule has 11 rings (SSSR count). The first kappa shape index (κ1) is 32.7. The van der Waals surface area contributed by atoms with Crippen LogP contribution in [0.2, 0.25) is 0 Å². The third-order valence-corrected chi connectivity index (χ3v) is 11.6. The van der Waals surface area contributed by atoms with Crippen LogP contribution in [0.4, 0.5) is 0 Å². The van der Waals surface area contributed by atoms with Crippen LogP contribution in [0.5, 0.6) is 0 Å². The summed E-state index contributed by atoms with van der Waals surface area (Å²) in [5.41, 5.74) is 18.7. The molecule has 2 heterocycles. The standard InChI is InChI=1S/C53H32N4/c54-33-34-19-21-44-45-22-20-38(31-49(45)53(48(44)27-34)46-17-9-7-15-42(46)43-16-8-10-18-47(43)53)40-28-39(35-23-25-55-26-24-35)29-41(30-40)52-56-50(36-11-3-1-4-12-36)32-51(57-52)37-13-5-2-6-14-37/h1-32H. The van der Waals surface area contributed by atoms with Crippen molar-refractivity contribution in [1.29, 1.82) is 5.26 Å². The Morgan fingerprint density at radius 1 is 0.368 bits per heavy atom. The average molecular weight is 725 g/mol. The number of nitriles is 1. The molecule has 0 bridgehead atoms. The molecule has 9 aromatic rings. The molecule has 57 heavy (non-hydrogen) atoms. The van der Waals surface area contributed by atoms with Crippen LogP contribution in [0, 0.1) is 11.3 Å². The van der Waals surface area contributed by atoms with Crippen molar-refractivity contribution in [2.75, 3.05) is 0 Å². The van der Waals surface area contributed by atoms with Crippen LogP contribution in [0.3, 0.4) is 0 Å². The Morgan fingerprint density at radius 2 is 0.877 bits per heavy atom. The molecule has 0 amide bonds. The molecule has 4 nitrogen and oxygen atoms in total. The van der Waals surface area contributed by atoms with Gasteiger partial charge in [0.25, 0.3) is 0 Å². The average Bonchev–Trinajstić information content (AvgIpc) is 3.76. The van der Waals surface area contributed by atoms with Gasteiger partial charge in [-0.15, -0.1) is 0 Å². The van der Waals surface area contributed by atoms with Gasteiger partial charge in [-0.25, -0.2) is 9.97 Å². The summed E-state index contributed by atoms with van der Waals surface area (Å²) in [5, 5.41) is 10.1. The summed E-state index contributed by atoms with van der Waals surface area (Å²) in [6.07, 6.45) is 3.67. The van der Waals surface area contributed by atoms with Crippen LogP contribution in [0.15, 0.2) is 194 Å². The number of rotatable bonds is 5. The molecule has 0 unspecified atom stereocenters. The highest BCUT2D eigenvalue weighted by molar-refractivity contribution is 5.96. The van der Waals surface area contributed by atoms with Crippen LogP contribution in [0.1, 0.15) is 27.8 Å². The molecule has 0 fully saturated rings. The van der Waals surface area contributed by atoms with E-state index in [1.807, 2.05) is 67.0 Å². The summed E-state index contributed by atoms with van der Waals surface area (Å²) in [6, 6.07) is 66.5. The fourth-order valence-electron chi connectivity index (χ4n) is 9.11. The zero-order valence-corrected chi connectivity index (χ0v) is 30.8. The lowest BCUT2D eigenvalue weighted by Gasteiger charge is -2.30. The molecule has 264 valence electrons. The topological polar surface area (TPSA) is 62.5 Å². The third-order valence-electron chi connectivity index (χ3n) is 11.6. The number of benzene rings is 7. The molecule has 2 aliphatic rings. The highest BCUT2D eigenvalue weighted by atomic mass is 14.9. The molecule has 4 heteroatoms. The molecule has 2 aromatic heterocycles. The maximum atomic E-state index is 10.1. The van der Waals surface area contributed by atoms with E-state index < -0.39 is 5.41 Å². The maximum Gasteiger partial charge on any atom is 0.160 e. The van der Waals surface area contributed by atoms with E-state index in [-0.39, 0.29) is 0 Å². The summed E-state index contributed by atoms with van der Waals surface area (Å²) in [4.78, 5) is 14.8. The van der Waals surface area contributed by atoms with Gasteiger partial charge >= 0.3 is 0 Å². The van der Waals surface area contributed by atoms with Gasteiger partial charge in [0.05, 0.1) is 28.4 Å². The fourth-order valence-corrected chi connectivity index (χ4v) is 9.11. The molecular formula is C53H32N4. The van der Waals surface area contributed by atoms with E-state index in [0.717, 1.165) is 61.5 Å². The summed E-state index contributed by atoms with van der Waals surface area (Å²) in [5.74, 6) is 0.653. The second-order valence-electron chi connectivity index (χ2n) is 14.7. The first-order valence-electron chi connectivity index (χ1n) is 19.1. The van der Waals surface area contributed by atoms with E-state index >= 15 is 0 Å². The zero-order chi connectivity index (χ0) is 37.9. The minimum Gasteiger partial charge on any atom is -0.265 e. The number of hydrogen-bond acceptors (Lipinski definition) is 4. The molecule has 2 aliphatic carbocycles. The Kier molecular flexibility index (Phi) is 7.42. The summed E-state index contributed by atoms with van der Waals surface area (Å²) >= 11 is 0. The molecular weight excluding hydrogens is 693 g/mol. The fraction of sp³-hybridized carbons (Fsp3) is 0.0189. The van der Waals surface area contributed by atoms with E-state index in [9.17, 15) is 5.26 Å². The summed E-state index contributed by atoms with van der Waals surface area (Å²) in [7, 11) is 0. The van der Waals surface area contributed by atoms with Gasteiger partial charge in [-0.05, 0) is 121 Å². The first-order chi connectivity index (χ1) is 28.2. The SMILES string of the molecule is N#Cc1ccc2c(c1)C1(c3ccccc3-c3ccccc31)c1cc(-c3cc(-c4ccncc4)cc(-c4nc(-c5ccccc5)cc(-c5ccccc5)n4)c3)ccc1-2. The Balaban J connectivity index is 1.16. The van der Waals surface area contributed by atoms with Gasteiger partial charge in [-0.2, -0.15) is 5.26 Å². The number of hydrogen-bond donors (Lipinski definition) is 0. The molecule has 7 aromatic carbocycles. The molecule has 0 saturated heterocycles. The number of fused-ring (bicyclic) bond motifs is 10. The Bertz CT molecular complexity index is 2970. The Labute approximate surface area is 331 Å². The van der Waals surface area contributed by atoms with Crippen molar-refractivity contribution in [3.8, 4) is 84.5 Å². The number of pyridine rings is 1. The van der Waals surface area contributed by atoms with Crippen molar-refractivity contribution >= 4 is 0 Å². The van der Waals surface area contributed by atoms with E-state index in [1.165, 1.54) is 33.4 Å². The van der Waals surface area contributed by atoms with Crippen LogP contribution in [0.25, 0.3) is 78.4 Å². The van der Waals surface area contributed by atoms with Crippen LogP contribution < -0.4 is 0 Å². The molecule has 0 saturated carbocycles. The van der Waals surface area contributed by atoms with Gasteiger partial charge in [0.15, 0.2) is 5.82 Å². The van der Waals surface area contributed by atoms with E-state index in [1.54, 1.807) is 0 Å². The summed E-state index contributed by atoms with van der Waals surface area (Å²) in [6.45, 7) is 0. The number of nitrogens with zero attached hydrogens (tertiary/aromatic N) is 4. The maximum absolute atomic E-state index is 10.1.